The maximum atomic E-state index is 13.3. The average molecular weight is 1170 g/mol. The van der Waals surface area contributed by atoms with Gasteiger partial charge in [0.1, 0.15) is 48.8 Å². The van der Waals surface area contributed by atoms with E-state index in [1.807, 2.05) is 6.08 Å². The molecule has 14 nitrogen and oxygen atoms in total. The zero-order valence-corrected chi connectivity index (χ0v) is 52.5. The van der Waals surface area contributed by atoms with Crippen molar-refractivity contribution in [2.24, 2.45) is 0 Å². The lowest BCUT2D eigenvalue weighted by molar-refractivity contribution is -0.359. The van der Waals surface area contributed by atoms with Crippen LogP contribution in [0.5, 0.6) is 0 Å². The summed E-state index contributed by atoms with van der Waals surface area (Å²) in [6, 6.07) is -0.929. The number of unbranched alkanes of at least 4 members (excludes halogenated alkanes) is 42. The van der Waals surface area contributed by atoms with Crippen molar-refractivity contribution in [3.63, 3.8) is 0 Å². The first-order chi connectivity index (χ1) is 40.1. The molecule has 0 spiro atoms. The highest BCUT2D eigenvalue weighted by molar-refractivity contribution is 5.76. The Bertz CT molecular complexity index is 1470. The van der Waals surface area contributed by atoms with Crippen molar-refractivity contribution in [3.05, 3.63) is 24.3 Å². The first-order valence-electron chi connectivity index (χ1n) is 34.6. The fourth-order valence-corrected chi connectivity index (χ4v) is 11.6. The molecule has 0 saturated carbocycles. The molecule has 12 unspecified atom stereocenters. The van der Waals surface area contributed by atoms with Gasteiger partial charge < -0.3 is 65.1 Å². The number of carbonyl (C=O) groups is 1. The maximum Gasteiger partial charge on any atom is 0.220 e. The van der Waals surface area contributed by atoms with E-state index in [0.717, 1.165) is 32.1 Å². The van der Waals surface area contributed by atoms with Gasteiger partial charge in [-0.2, -0.15) is 0 Å². The van der Waals surface area contributed by atoms with E-state index in [1.54, 1.807) is 6.08 Å². The Hall–Kier alpha value is -1.53. The van der Waals surface area contributed by atoms with E-state index in [0.29, 0.717) is 12.8 Å². The summed E-state index contributed by atoms with van der Waals surface area (Å²) in [6.45, 7) is 2.83. The standard InChI is InChI=1S/C68H129NO13/c1-3-5-7-9-11-13-15-17-19-21-23-24-25-26-27-28-29-30-31-32-34-35-37-39-41-43-45-47-49-51-57(72)56(69-60(73)52-50-48-46-44-42-40-38-36-33-22-20-18-16-14-12-10-8-6-4-2)55-79-67-65(78)63(76)66(59(54-71)81-67)82-68-64(77)62(75)61(74)58(53-70)80-68/h41,43,49,51,56-59,61-68,70-72,74-78H,3-40,42,44-48,50,52-55H2,1-2H3,(H,69,73)/b43-41+,51-49+. The number of aliphatic hydroxyl groups is 8. The monoisotopic (exact) mass is 1170 g/mol. The Morgan fingerprint density at radius 3 is 1.20 bits per heavy atom. The van der Waals surface area contributed by atoms with Crippen molar-refractivity contribution in [1.82, 2.24) is 5.32 Å². The van der Waals surface area contributed by atoms with Gasteiger partial charge in [0.15, 0.2) is 12.6 Å². The number of rotatable bonds is 57. The average Bonchev–Trinajstić information content (AvgIpc) is 3.67. The molecule has 12 atom stereocenters. The lowest BCUT2D eigenvalue weighted by Crippen LogP contribution is -2.65. The molecule has 484 valence electrons. The Morgan fingerprint density at radius 2 is 0.780 bits per heavy atom. The van der Waals surface area contributed by atoms with Crippen LogP contribution in [-0.2, 0) is 23.7 Å². The van der Waals surface area contributed by atoms with Crippen LogP contribution in [0.1, 0.15) is 309 Å². The molecule has 2 rings (SSSR count). The molecule has 2 aliphatic rings. The topological polar surface area (TPSA) is 228 Å². The molecule has 1 amide bonds. The molecular weight excluding hydrogens is 1040 g/mol. The van der Waals surface area contributed by atoms with Crippen LogP contribution in [0, 0.1) is 0 Å². The Balaban J connectivity index is 1.69. The van der Waals surface area contributed by atoms with Crippen molar-refractivity contribution >= 4 is 5.91 Å². The summed E-state index contributed by atoms with van der Waals surface area (Å²) < 4.78 is 22.8. The van der Waals surface area contributed by atoms with Crippen LogP contribution in [0.25, 0.3) is 0 Å². The molecule has 0 aromatic heterocycles. The van der Waals surface area contributed by atoms with Gasteiger partial charge in [-0.25, -0.2) is 0 Å². The Kier molecular flexibility index (Phi) is 50.1. The molecule has 2 heterocycles. The fraction of sp³-hybridized carbons (Fsp3) is 0.926. The van der Waals surface area contributed by atoms with E-state index < -0.39 is 86.8 Å². The molecule has 14 heteroatoms. The molecule has 9 N–H and O–H groups in total. The van der Waals surface area contributed by atoms with Crippen molar-refractivity contribution in [2.45, 2.75) is 383 Å². The largest absolute Gasteiger partial charge is 0.394 e. The summed E-state index contributed by atoms with van der Waals surface area (Å²) in [4.78, 5) is 13.3. The summed E-state index contributed by atoms with van der Waals surface area (Å²) in [5.41, 5.74) is 0. The highest BCUT2D eigenvalue weighted by atomic mass is 16.7. The number of aliphatic hydroxyl groups excluding tert-OH is 8. The van der Waals surface area contributed by atoms with Gasteiger partial charge in [-0.1, -0.05) is 295 Å². The number of hydrogen-bond donors (Lipinski definition) is 9. The smallest absolute Gasteiger partial charge is 0.220 e. The summed E-state index contributed by atoms with van der Waals surface area (Å²) in [6.07, 6.45) is 49.5. The lowest BCUT2D eigenvalue weighted by Gasteiger charge is -2.46. The van der Waals surface area contributed by atoms with Gasteiger partial charge >= 0.3 is 0 Å². The quantitative estimate of drug-likeness (QED) is 0.0204. The molecule has 0 radical (unpaired) electrons. The predicted octanol–water partition coefficient (Wildman–Crippen LogP) is 13.6. The van der Waals surface area contributed by atoms with Crippen molar-refractivity contribution in [2.75, 3.05) is 19.8 Å². The number of allylic oxidation sites excluding steroid dienone is 3. The lowest BCUT2D eigenvalue weighted by atomic mass is 9.97. The van der Waals surface area contributed by atoms with Gasteiger partial charge in [-0.15, -0.1) is 0 Å². The van der Waals surface area contributed by atoms with E-state index in [9.17, 15) is 45.6 Å². The second kappa shape index (κ2) is 53.7. The van der Waals surface area contributed by atoms with E-state index in [1.165, 1.54) is 244 Å². The molecule has 2 fully saturated rings. The summed E-state index contributed by atoms with van der Waals surface area (Å²) >= 11 is 0. The van der Waals surface area contributed by atoms with Crippen LogP contribution >= 0.6 is 0 Å². The van der Waals surface area contributed by atoms with Crippen molar-refractivity contribution < 1.29 is 64.6 Å². The van der Waals surface area contributed by atoms with Crippen LogP contribution in [0.2, 0.25) is 0 Å². The van der Waals surface area contributed by atoms with Crippen molar-refractivity contribution in [3.8, 4) is 0 Å². The molecule has 0 aromatic rings. The van der Waals surface area contributed by atoms with E-state index in [-0.39, 0.29) is 18.9 Å². The minimum absolute atomic E-state index is 0.243. The summed E-state index contributed by atoms with van der Waals surface area (Å²) in [5, 5.41) is 87.3. The SMILES string of the molecule is CCCCCCCCCCCCCCCCCCCCCCCCC/C=C/CC/C=C/C(O)C(COC1OC(CO)C(OC2OC(CO)C(O)C(O)C2O)C(O)C1O)NC(=O)CCCCCCCCCCCCCCCCCCCCC. The second-order valence-electron chi connectivity index (χ2n) is 24.7. The van der Waals surface area contributed by atoms with Gasteiger partial charge in [-0.05, 0) is 32.1 Å². The second-order valence-corrected chi connectivity index (χ2v) is 24.7. The van der Waals surface area contributed by atoms with E-state index >= 15 is 0 Å². The van der Waals surface area contributed by atoms with Crippen LogP contribution in [0.4, 0.5) is 0 Å². The summed E-state index contributed by atoms with van der Waals surface area (Å²) in [7, 11) is 0. The molecule has 82 heavy (non-hydrogen) atoms. The number of nitrogens with one attached hydrogen (secondary N) is 1. The van der Waals surface area contributed by atoms with Gasteiger partial charge in [0.25, 0.3) is 0 Å². The van der Waals surface area contributed by atoms with Gasteiger partial charge in [0, 0.05) is 6.42 Å². The van der Waals surface area contributed by atoms with Crippen molar-refractivity contribution in [1.29, 1.82) is 0 Å². The maximum absolute atomic E-state index is 13.3. The number of ether oxygens (including phenoxy) is 4. The van der Waals surface area contributed by atoms with E-state index in [2.05, 4.69) is 31.3 Å². The number of hydrogen-bond acceptors (Lipinski definition) is 13. The number of carbonyl (C=O) groups excluding carboxylic acids is 1. The molecule has 0 bridgehead atoms. The Labute approximate surface area is 500 Å². The minimum atomic E-state index is -1.79. The fourth-order valence-electron chi connectivity index (χ4n) is 11.6. The predicted molar refractivity (Wildman–Crippen MR) is 332 cm³/mol. The zero-order chi connectivity index (χ0) is 59.5. The third-order valence-corrected chi connectivity index (χ3v) is 17.1. The minimum Gasteiger partial charge on any atom is -0.394 e. The summed E-state index contributed by atoms with van der Waals surface area (Å²) in [5.74, 6) is -0.243. The van der Waals surface area contributed by atoms with E-state index in [4.69, 9.17) is 18.9 Å². The zero-order valence-electron chi connectivity index (χ0n) is 52.5. The molecule has 0 aromatic carbocycles. The molecule has 0 aliphatic carbocycles. The highest BCUT2D eigenvalue weighted by Gasteiger charge is 2.51. The highest BCUT2D eigenvalue weighted by Crippen LogP contribution is 2.30. The first kappa shape index (κ1) is 76.6. The first-order valence-corrected chi connectivity index (χ1v) is 34.6. The number of amides is 1. The molecule has 2 aliphatic heterocycles. The molecular formula is C68H129NO13. The molecule has 2 saturated heterocycles. The Morgan fingerprint density at radius 1 is 0.427 bits per heavy atom. The van der Waals surface area contributed by atoms with Crippen LogP contribution in [0.15, 0.2) is 24.3 Å². The van der Waals surface area contributed by atoms with Gasteiger partial charge in [0.05, 0.1) is 32.0 Å². The van der Waals surface area contributed by atoms with Crippen LogP contribution in [-0.4, -0.2) is 140 Å². The van der Waals surface area contributed by atoms with Gasteiger partial charge in [0.2, 0.25) is 5.91 Å². The van der Waals surface area contributed by atoms with Crippen LogP contribution < -0.4 is 5.32 Å². The normalized spacial score (nSPS) is 24.0. The third-order valence-electron chi connectivity index (χ3n) is 17.1. The van der Waals surface area contributed by atoms with Gasteiger partial charge in [-0.3, -0.25) is 4.79 Å². The van der Waals surface area contributed by atoms with Crippen LogP contribution in [0.3, 0.4) is 0 Å². The third kappa shape index (κ3) is 37.9.